The third-order valence-electron chi connectivity index (χ3n) is 4.31. The van der Waals surface area contributed by atoms with Gasteiger partial charge in [-0.05, 0) is 19.3 Å². The summed E-state index contributed by atoms with van der Waals surface area (Å²) in [6.07, 6.45) is -0.912. The number of aliphatic hydroxyl groups is 1. The number of primary amides is 1. The van der Waals surface area contributed by atoms with Crippen LogP contribution in [0, 0.1) is 5.92 Å². The SMILES string of the molecule is CCC(C)C(NC(=O)C(N)CCC(N)=O)C(=O)NC(C(=O)NCC(=O)O)C(C)O. The second kappa shape index (κ2) is 12.7. The number of hydrogen-bond donors (Lipinski definition) is 7. The van der Waals surface area contributed by atoms with Gasteiger partial charge in [0.15, 0.2) is 0 Å². The number of carbonyl (C=O) groups is 5. The number of aliphatic hydroxyl groups excluding tert-OH is 1. The number of aliphatic carboxylic acids is 1. The minimum atomic E-state index is -1.42. The summed E-state index contributed by atoms with van der Waals surface area (Å²) in [6.45, 7) is 4.05. The van der Waals surface area contributed by atoms with Crippen molar-refractivity contribution >= 4 is 29.6 Å². The topological polar surface area (TPSA) is 214 Å². The van der Waals surface area contributed by atoms with Crippen LogP contribution in [0.5, 0.6) is 0 Å². The summed E-state index contributed by atoms with van der Waals surface area (Å²) < 4.78 is 0. The van der Waals surface area contributed by atoms with Gasteiger partial charge in [-0.3, -0.25) is 24.0 Å². The van der Waals surface area contributed by atoms with E-state index < -0.39 is 60.4 Å². The predicted octanol–water partition coefficient (Wildman–Crippen LogP) is -2.82. The highest BCUT2D eigenvalue weighted by Crippen LogP contribution is 2.10. The number of carboxylic acids is 1. The van der Waals surface area contributed by atoms with Crippen LogP contribution in [-0.4, -0.2) is 70.6 Å². The fraction of sp³-hybridized carbons (Fsp3) is 0.706. The van der Waals surface area contributed by atoms with Crippen molar-refractivity contribution in [2.45, 2.75) is 64.3 Å². The summed E-state index contributed by atoms with van der Waals surface area (Å²) in [4.78, 5) is 58.4. The van der Waals surface area contributed by atoms with Crippen LogP contribution in [0.2, 0.25) is 0 Å². The standard InChI is InChI=1S/C17H31N5O7/c1-4-8(2)13(21-15(27)10(18)5-6-11(19)24)17(29)22-14(9(3)23)16(28)20-7-12(25)26/h8-10,13-14,23H,4-7,18H2,1-3H3,(H2,19,24)(H,20,28)(H,21,27)(H,22,29)(H,25,26). The highest BCUT2D eigenvalue weighted by molar-refractivity contribution is 5.94. The lowest BCUT2D eigenvalue weighted by molar-refractivity contribution is -0.139. The maximum atomic E-state index is 12.7. The third kappa shape index (κ3) is 9.85. The van der Waals surface area contributed by atoms with Crippen molar-refractivity contribution in [2.75, 3.05) is 6.54 Å². The van der Waals surface area contributed by atoms with Crippen molar-refractivity contribution in [3.63, 3.8) is 0 Å². The highest BCUT2D eigenvalue weighted by Gasteiger charge is 2.32. The first-order chi connectivity index (χ1) is 13.4. The number of nitrogens with two attached hydrogens (primary N) is 2. The zero-order valence-corrected chi connectivity index (χ0v) is 16.8. The van der Waals surface area contributed by atoms with Crippen molar-refractivity contribution in [1.82, 2.24) is 16.0 Å². The molecule has 4 amide bonds. The molecule has 0 rings (SSSR count). The quantitative estimate of drug-likeness (QED) is 0.165. The highest BCUT2D eigenvalue weighted by atomic mass is 16.4. The van der Waals surface area contributed by atoms with Crippen LogP contribution in [0.4, 0.5) is 0 Å². The van der Waals surface area contributed by atoms with E-state index in [0.717, 1.165) is 0 Å². The van der Waals surface area contributed by atoms with Gasteiger partial charge in [0.1, 0.15) is 18.6 Å². The Balaban J connectivity index is 5.21. The number of amides is 4. The molecule has 0 aromatic heterocycles. The summed E-state index contributed by atoms with van der Waals surface area (Å²) in [5, 5.41) is 25.3. The van der Waals surface area contributed by atoms with Crippen LogP contribution in [0.15, 0.2) is 0 Å². The van der Waals surface area contributed by atoms with Crippen LogP contribution in [-0.2, 0) is 24.0 Å². The molecule has 0 aliphatic carbocycles. The molecule has 0 spiro atoms. The Morgan fingerprint density at radius 1 is 0.966 bits per heavy atom. The maximum Gasteiger partial charge on any atom is 0.322 e. The molecule has 12 nitrogen and oxygen atoms in total. The Labute approximate surface area is 168 Å². The maximum absolute atomic E-state index is 12.7. The minimum Gasteiger partial charge on any atom is -0.480 e. The zero-order chi connectivity index (χ0) is 22.7. The lowest BCUT2D eigenvalue weighted by Gasteiger charge is -2.28. The molecule has 9 N–H and O–H groups in total. The first kappa shape index (κ1) is 26.3. The first-order valence-corrected chi connectivity index (χ1v) is 9.22. The average Bonchev–Trinajstić information content (AvgIpc) is 2.64. The van der Waals surface area contributed by atoms with Crippen LogP contribution < -0.4 is 27.4 Å². The predicted molar refractivity (Wildman–Crippen MR) is 102 cm³/mol. The first-order valence-electron chi connectivity index (χ1n) is 9.22. The summed E-state index contributed by atoms with van der Waals surface area (Å²) >= 11 is 0. The third-order valence-corrected chi connectivity index (χ3v) is 4.31. The van der Waals surface area contributed by atoms with E-state index in [-0.39, 0.29) is 18.8 Å². The van der Waals surface area contributed by atoms with Gasteiger partial charge in [0.2, 0.25) is 23.6 Å². The van der Waals surface area contributed by atoms with Crippen molar-refractivity contribution in [1.29, 1.82) is 0 Å². The van der Waals surface area contributed by atoms with Gasteiger partial charge >= 0.3 is 5.97 Å². The number of carbonyl (C=O) groups excluding carboxylic acids is 4. The summed E-state index contributed by atoms with van der Waals surface area (Å²) in [6, 6.07) is -3.55. The summed E-state index contributed by atoms with van der Waals surface area (Å²) in [5.74, 6) is -4.55. The molecule has 29 heavy (non-hydrogen) atoms. The van der Waals surface area contributed by atoms with Crippen LogP contribution in [0.3, 0.4) is 0 Å². The monoisotopic (exact) mass is 417 g/mol. The number of carboxylic acid groups (broad SMARTS) is 1. The largest absolute Gasteiger partial charge is 0.480 e. The molecule has 0 fully saturated rings. The lowest BCUT2D eigenvalue weighted by atomic mass is 9.97. The molecular formula is C17H31N5O7. The van der Waals surface area contributed by atoms with E-state index in [0.29, 0.717) is 6.42 Å². The molecule has 0 aromatic carbocycles. The van der Waals surface area contributed by atoms with Gasteiger partial charge in [0.05, 0.1) is 12.1 Å². The Hall–Kier alpha value is -2.73. The van der Waals surface area contributed by atoms with E-state index in [4.69, 9.17) is 16.6 Å². The molecule has 166 valence electrons. The van der Waals surface area contributed by atoms with Crippen LogP contribution >= 0.6 is 0 Å². The van der Waals surface area contributed by atoms with Gasteiger partial charge in [0.25, 0.3) is 0 Å². The summed E-state index contributed by atoms with van der Waals surface area (Å²) in [5.41, 5.74) is 10.7. The number of rotatable bonds is 13. The summed E-state index contributed by atoms with van der Waals surface area (Å²) in [7, 11) is 0. The van der Waals surface area contributed by atoms with Gasteiger partial charge in [-0.15, -0.1) is 0 Å². The van der Waals surface area contributed by atoms with E-state index in [1.165, 1.54) is 6.92 Å². The van der Waals surface area contributed by atoms with Gasteiger partial charge < -0.3 is 37.6 Å². The molecule has 0 saturated heterocycles. The number of hydrogen-bond acceptors (Lipinski definition) is 7. The second-order valence-corrected chi connectivity index (χ2v) is 6.82. The van der Waals surface area contributed by atoms with E-state index in [9.17, 15) is 29.1 Å². The lowest BCUT2D eigenvalue weighted by Crippen LogP contribution is -2.60. The Morgan fingerprint density at radius 2 is 1.52 bits per heavy atom. The molecule has 5 atom stereocenters. The number of nitrogens with one attached hydrogen (secondary N) is 3. The molecule has 0 bridgehead atoms. The molecule has 0 radical (unpaired) electrons. The van der Waals surface area contributed by atoms with E-state index in [2.05, 4.69) is 16.0 Å². The molecule has 0 aromatic rings. The normalized spacial score (nSPS) is 15.9. The van der Waals surface area contributed by atoms with Crippen molar-refractivity contribution in [3.05, 3.63) is 0 Å². The molecule has 0 aliphatic rings. The van der Waals surface area contributed by atoms with Crippen LogP contribution in [0.1, 0.15) is 40.0 Å². The van der Waals surface area contributed by atoms with Gasteiger partial charge in [-0.2, -0.15) is 0 Å². The fourth-order valence-corrected chi connectivity index (χ4v) is 2.31. The fourth-order valence-electron chi connectivity index (χ4n) is 2.31. The van der Waals surface area contributed by atoms with Crippen molar-refractivity contribution in [2.24, 2.45) is 17.4 Å². The molecule has 12 heteroatoms. The molecular weight excluding hydrogens is 386 g/mol. The second-order valence-electron chi connectivity index (χ2n) is 6.82. The smallest absolute Gasteiger partial charge is 0.322 e. The molecule has 0 heterocycles. The average molecular weight is 417 g/mol. The van der Waals surface area contributed by atoms with E-state index >= 15 is 0 Å². The van der Waals surface area contributed by atoms with Crippen LogP contribution in [0.25, 0.3) is 0 Å². The Morgan fingerprint density at radius 3 is 1.97 bits per heavy atom. The molecule has 0 saturated carbocycles. The van der Waals surface area contributed by atoms with E-state index in [1.807, 2.05) is 0 Å². The molecule has 0 aliphatic heterocycles. The molecule has 5 unspecified atom stereocenters. The van der Waals surface area contributed by atoms with Gasteiger partial charge in [0, 0.05) is 6.42 Å². The zero-order valence-electron chi connectivity index (χ0n) is 16.8. The van der Waals surface area contributed by atoms with Crippen molar-refractivity contribution in [3.8, 4) is 0 Å². The van der Waals surface area contributed by atoms with Gasteiger partial charge in [-0.1, -0.05) is 20.3 Å². The van der Waals surface area contributed by atoms with Crippen molar-refractivity contribution < 1.29 is 34.2 Å². The Bertz CT molecular complexity index is 611. The van der Waals surface area contributed by atoms with Gasteiger partial charge in [-0.25, -0.2) is 0 Å². The minimum absolute atomic E-state index is 0.00387. The van der Waals surface area contributed by atoms with E-state index in [1.54, 1.807) is 13.8 Å². The Kier molecular flexibility index (Phi) is 11.5.